The van der Waals surface area contributed by atoms with Gasteiger partial charge in [-0.25, -0.2) is 0 Å². The van der Waals surface area contributed by atoms with Crippen LogP contribution in [0.5, 0.6) is 5.75 Å². The maximum atomic E-state index is 12.0. The van der Waals surface area contributed by atoms with Crippen LogP contribution in [-0.2, 0) is 4.79 Å². The molecule has 1 heterocycles. The molecular weight excluding hydrogens is 292 g/mol. The van der Waals surface area contributed by atoms with Gasteiger partial charge in [0.05, 0.1) is 23.0 Å². The van der Waals surface area contributed by atoms with E-state index in [1.165, 1.54) is 0 Å². The smallest absolute Gasteiger partial charge is 0.262 e. The second-order valence-electron chi connectivity index (χ2n) is 4.91. The number of benzene rings is 2. The molecule has 2 aromatic carbocycles. The molecule has 0 atom stereocenters. The van der Waals surface area contributed by atoms with E-state index in [9.17, 15) is 9.59 Å². The van der Waals surface area contributed by atoms with Crippen LogP contribution in [0.4, 0.5) is 5.69 Å². The van der Waals surface area contributed by atoms with Gasteiger partial charge in [0.1, 0.15) is 5.75 Å². The molecule has 1 amide bonds. The summed E-state index contributed by atoms with van der Waals surface area (Å²) in [5.41, 5.74) is 1.87. The summed E-state index contributed by atoms with van der Waals surface area (Å²) in [6, 6.07) is 16.3. The van der Waals surface area contributed by atoms with Crippen LogP contribution in [0.1, 0.15) is 10.4 Å². The van der Waals surface area contributed by atoms with Gasteiger partial charge in [0.2, 0.25) is 0 Å². The van der Waals surface area contributed by atoms with Crippen molar-refractivity contribution in [2.75, 3.05) is 11.9 Å². The van der Waals surface area contributed by atoms with Crippen molar-refractivity contribution in [2.24, 2.45) is 0 Å². The normalized spacial score (nSPS) is 10.3. The van der Waals surface area contributed by atoms with Crippen molar-refractivity contribution in [1.29, 1.82) is 0 Å². The van der Waals surface area contributed by atoms with E-state index in [1.54, 1.807) is 30.5 Å². The van der Waals surface area contributed by atoms with E-state index in [-0.39, 0.29) is 12.5 Å². The van der Waals surface area contributed by atoms with E-state index in [1.807, 2.05) is 30.3 Å². The summed E-state index contributed by atoms with van der Waals surface area (Å²) in [7, 11) is 0. The van der Waals surface area contributed by atoms with Gasteiger partial charge in [0.15, 0.2) is 12.9 Å². The Balaban J connectivity index is 1.65. The van der Waals surface area contributed by atoms with Crippen molar-refractivity contribution in [3.8, 4) is 5.75 Å². The van der Waals surface area contributed by atoms with Crippen molar-refractivity contribution in [3.63, 3.8) is 0 Å². The first-order valence-electron chi connectivity index (χ1n) is 7.08. The molecule has 0 aliphatic rings. The number of amides is 1. The second kappa shape index (κ2) is 6.70. The topological polar surface area (TPSA) is 68.3 Å². The van der Waals surface area contributed by atoms with Crippen LogP contribution in [0.15, 0.2) is 60.8 Å². The van der Waals surface area contributed by atoms with Crippen molar-refractivity contribution < 1.29 is 14.3 Å². The summed E-state index contributed by atoms with van der Waals surface area (Å²) < 4.78 is 5.39. The largest absolute Gasteiger partial charge is 0.483 e. The average Bonchev–Trinajstić information content (AvgIpc) is 2.60. The minimum Gasteiger partial charge on any atom is -0.483 e. The van der Waals surface area contributed by atoms with Crippen molar-refractivity contribution in [1.82, 2.24) is 4.98 Å². The number of anilines is 1. The summed E-state index contributed by atoms with van der Waals surface area (Å²) in [5.74, 6) is 0.0667. The maximum absolute atomic E-state index is 12.0. The number of hydrogen-bond donors (Lipinski definition) is 1. The molecular formula is C18H14N2O3. The minimum absolute atomic E-state index is 0.183. The van der Waals surface area contributed by atoms with Crippen LogP contribution in [0.2, 0.25) is 0 Å². The molecule has 0 spiro atoms. The molecule has 23 heavy (non-hydrogen) atoms. The monoisotopic (exact) mass is 306 g/mol. The van der Waals surface area contributed by atoms with Gasteiger partial charge < -0.3 is 10.1 Å². The summed E-state index contributed by atoms with van der Waals surface area (Å²) in [6.07, 6.45) is 2.29. The number of aromatic nitrogens is 1. The number of nitrogens with zero attached hydrogens (tertiary/aromatic N) is 1. The van der Waals surface area contributed by atoms with Crippen LogP contribution in [0.3, 0.4) is 0 Å². The minimum atomic E-state index is -0.317. The van der Waals surface area contributed by atoms with E-state index in [0.717, 1.165) is 10.9 Å². The van der Waals surface area contributed by atoms with Crippen LogP contribution in [0.25, 0.3) is 10.9 Å². The van der Waals surface area contributed by atoms with Gasteiger partial charge in [0.25, 0.3) is 5.91 Å². The molecule has 5 nitrogen and oxygen atoms in total. The molecule has 0 bridgehead atoms. The summed E-state index contributed by atoms with van der Waals surface area (Å²) in [6.45, 7) is -0.183. The molecule has 0 saturated heterocycles. The number of rotatable bonds is 5. The third kappa shape index (κ3) is 3.52. The lowest BCUT2D eigenvalue weighted by Gasteiger charge is -2.09. The van der Waals surface area contributed by atoms with Gasteiger partial charge in [0, 0.05) is 5.39 Å². The van der Waals surface area contributed by atoms with Crippen molar-refractivity contribution >= 4 is 28.8 Å². The Hall–Kier alpha value is -3.21. The van der Waals surface area contributed by atoms with E-state index >= 15 is 0 Å². The quantitative estimate of drug-likeness (QED) is 0.736. The number of carbonyl (C=O) groups is 2. The van der Waals surface area contributed by atoms with Crippen LogP contribution < -0.4 is 10.1 Å². The Morgan fingerprint density at radius 3 is 2.78 bits per heavy atom. The lowest BCUT2D eigenvalue weighted by molar-refractivity contribution is -0.118. The van der Waals surface area contributed by atoms with Gasteiger partial charge >= 0.3 is 0 Å². The molecule has 1 N–H and O–H groups in total. The van der Waals surface area contributed by atoms with E-state index in [0.29, 0.717) is 23.3 Å². The Bertz CT molecular complexity index is 862. The molecule has 3 aromatic rings. The summed E-state index contributed by atoms with van der Waals surface area (Å²) >= 11 is 0. The van der Waals surface area contributed by atoms with Crippen LogP contribution >= 0.6 is 0 Å². The summed E-state index contributed by atoms with van der Waals surface area (Å²) in [4.78, 5) is 27.1. The highest BCUT2D eigenvalue weighted by Gasteiger charge is 2.07. The van der Waals surface area contributed by atoms with Crippen LogP contribution in [-0.4, -0.2) is 23.8 Å². The number of hydrogen-bond acceptors (Lipinski definition) is 4. The zero-order valence-corrected chi connectivity index (χ0v) is 12.2. The second-order valence-corrected chi connectivity index (χ2v) is 4.91. The third-order valence-corrected chi connectivity index (χ3v) is 3.28. The first-order valence-corrected chi connectivity index (χ1v) is 7.08. The fraction of sp³-hybridized carbons (Fsp3) is 0.0556. The van der Waals surface area contributed by atoms with E-state index < -0.39 is 0 Å². The molecule has 3 rings (SSSR count). The molecule has 0 aliphatic heterocycles. The molecule has 1 aromatic heterocycles. The zero-order valence-electron chi connectivity index (χ0n) is 12.2. The standard InChI is InChI=1S/C18H14N2O3/c21-11-14-6-2-4-8-17(14)23-12-18(22)20-15-9-13-5-1-3-7-16(13)19-10-15/h1-11H,12H2,(H,20,22). The van der Waals surface area contributed by atoms with Gasteiger partial charge in [-0.1, -0.05) is 30.3 Å². The van der Waals surface area contributed by atoms with Gasteiger partial charge in [-0.3, -0.25) is 14.6 Å². The molecule has 0 saturated carbocycles. The predicted octanol–water partition coefficient (Wildman–Crippen LogP) is 3.06. The molecule has 0 radical (unpaired) electrons. The SMILES string of the molecule is O=Cc1ccccc1OCC(=O)Nc1cnc2ccccc2c1. The lowest BCUT2D eigenvalue weighted by atomic mass is 10.2. The van der Waals surface area contributed by atoms with Crippen molar-refractivity contribution in [3.05, 3.63) is 66.4 Å². The molecule has 0 fully saturated rings. The molecule has 114 valence electrons. The van der Waals surface area contributed by atoms with Crippen molar-refractivity contribution in [2.45, 2.75) is 0 Å². The fourth-order valence-corrected chi connectivity index (χ4v) is 2.19. The predicted molar refractivity (Wildman–Crippen MR) is 87.7 cm³/mol. The maximum Gasteiger partial charge on any atom is 0.262 e. The third-order valence-electron chi connectivity index (χ3n) is 3.28. The number of para-hydroxylation sites is 2. The lowest BCUT2D eigenvalue weighted by Crippen LogP contribution is -2.20. The number of carbonyl (C=O) groups excluding carboxylic acids is 2. The summed E-state index contributed by atoms with van der Waals surface area (Å²) in [5, 5.41) is 3.67. The highest BCUT2D eigenvalue weighted by Crippen LogP contribution is 2.17. The molecule has 0 aliphatic carbocycles. The molecule has 5 heteroatoms. The zero-order chi connectivity index (χ0) is 16.1. The highest BCUT2D eigenvalue weighted by atomic mass is 16.5. The van der Waals surface area contributed by atoms with E-state index in [4.69, 9.17) is 4.74 Å². The Labute approximate surface area is 132 Å². The first-order chi connectivity index (χ1) is 11.3. The average molecular weight is 306 g/mol. The Kier molecular flexibility index (Phi) is 4.29. The van der Waals surface area contributed by atoms with Crippen LogP contribution in [0, 0.1) is 0 Å². The van der Waals surface area contributed by atoms with Gasteiger partial charge in [-0.2, -0.15) is 0 Å². The Morgan fingerprint density at radius 1 is 1.13 bits per heavy atom. The number of aldehydes is 1. The number of pyridine rings is 1. The number of fused-ring (bicyclic) bond motifs is 1. The van der Waals surface area contributed by atoms with Gasteiger partial charge in [-0.05, 0) is 24.3 Å². The highest BCUT2D eigenvalue weighted by molar-refractivity contribution is 5.94. The Morgan fingerprint density at radius 2 is 1.91 bits per heavy atom. The number of nitrogens with one attached hydrogen (secondary N) is 1. The molecule has 0 unspecified atom stereocenters. The first kappa shape index (κ1) is 14.7. The fourth-order valence-electron chi connectivity index (χ4n) is 2.19. The van der Waals surface area contributed by atoms with Gasteiger partial charge in [-0.15, -0.1) is 0 Å². The van der Waals surface area contributed by atoms with E-state index in [2.05, 4.69) is 10.3 Å². The number of ether oxygens (including phenoxy) is 1.